The van der Waals surface area contributed by atoms with Crippen LogP contribution in [0.3, 0.4) is 0 Å². The number of hydrogen-bond acceptors (Lipinski definition) is 3. The Kier molecular flexibility index (Phi) is 10.6. The number of carbonyl (C=O) groups excluding carboxylic acids is 2. The zero-order chi connectivity index (χ0) is 20.3. The fourth-order valence-electron chi connectivity index (χ4n) is 3.87. The second kappa shape index (κ2) is 11.9. The Morgan fingerprint density at radius 1 is 0.926 bits per heavy atom. The van der Waals surface area contributed by atoms with Crippen LogP contribution in [0.25, 0.3) is 0 Å². The first kappa shape index (κ1) is 24.2. The highest BCUT2D eigenvalue weighted by Gasteiger charge is 2.41. The highest BCUT2D eigenvalue weighted by molar-refractivity contribution is 5.85. The quantitative estimate of drug-likeness (QED) is 0.502. The van der Waals surface area contributed by atoms with E-state index in [0.29, 0.717) is 13.0 Å². The molecule has 1 aliphatic rings. The topological polar surface area (TPSA) is 43.4 Å². The van der Waals surface area contributed by atoms with Crippen molar-refractivity contribution in [2.24, 2.45) is 16.7 Å². The van der Waals surface area contributed by atoms with Crippen LogP contribution in [0.5, 0.6) is 0 Å². The second-order valence-electron chi connectivity index (χ2n) is 9.97. The number of ether oxygens (including phenoxy) is 1. The van der Waals surface area contributed by atoms with E-state index >= 15 is 0 Å². The molecule has 0 bridgehead atoms. The average Bonchev–Trinajstić information content (AvgIpc) is 2.59. The van der Waals surface area contributed by atoms with Crippen molar-refractivity contribution in [1.29, 1.82) is 0 Å². The summed E-state index contributed by atoms with van der Waals surface area (Å²) >= 11 is 0. The SMILES string of the molecule is CC(CC(=O)C(C)(C)C)C1(C)CCCCCCCCCCCCCOC1=O. The Morgan fingerprint density at radius 2 is 1.37 bits per heavy atom. The number of ketones is 1. The molecule has 158 valence electrons. The second-order valence-corrected chi connectivity index (χ2v) is 9.97. The molecule has 0 spiro atoms. The van der Waals surface area contributed by atoms with Crippen molar-refractivity contribution >= 4 is 11.8 Å². The molecule has 27 heavy (non-hydrogen) atoms. The number of Topliss-reactive ketones (excluding diaryl/α,β-unsaturated/α-hetero) is 1. The number of esters is 1. The number of cyclic esters (lactones) is 1. The van der Waals surface area contributed by atoms with Gasteiger partial charge < -0.3 is 4.74 Å². The fourth-order valence-corrected chi connectivity index (χ4v) is 3.87. The highest BCUT2D eigenvalue weighted by Crippen LogP contribution is 2.38. The standard InChI is InChI=1S/C24H44O3/c1-20(19-21(25)23(2,3)4)24(5)17-15-13-11-9-7-6-8-10-12-14-16-18-27-22(24)26/h20H,6-19H2,1-5H3. The summed E-state index contributed by atoms with van der Waals surface area (Å²) in [6.07, 6.45) is 14.7. The van der Waals surface area contributed by atoms with Gasteiger partial charge in [-0.05, 0) is 25.7 Å². The molecule has 0 saturated carbocycles. The van der Waals surface area contributed by atoms with Crippen LogP contribution < -0.4 is 0 Å². The Bertz CT molecular complexity index is 449. The molecule has 0 N–H and O–H groups in total. The lowest BCUT2D eigenvalue weighted by atomic mass is 9.70. The summed E-state index contributed by atoms with van der Waals surface area (Å²) in [5, 5.41) is 0. The third-order valence-electron chi connectivity index (χ3n) is 6.46. The summed E-state index contributed by atoms with van der Waals surface area (Å²) < 4.78 is 5.70. The summed E-state index contributed by atoms with van der Waals surface area (Å²) in [5.41, 5.74) is -0.912. The molecule has 0 aromatic carbocycles. The van der Waals surface area contributed by atoms with E-state index in [4.69, 9.17) is 4.74 Å². The molecule has 3 nitrogen and oxygen atoms in total. The Balaban J connectivity index is 2.75. The number of hydrogen-bond donors (Lipinski definition) is 0. The van der Waals surface area contributed by atoms with E-state index in [1.165, 1.54) is 51.4 Å². The first-order valence-corrected chi connectivity index (χ1v) is 11.4. The van der Waals surface area contributed by atoms with Gasteiger partial charge in [0, 0.05) is 11.8 Å². The van der Waals surface area contributed by atoms with Gasteiger partial charge in [-0.2, -0.15) is 0 Å². The number of carbonyl (C=O) groups is 2. The largest absolute Gasteiger partial charge is 0.465 e. The molecule has 1 rings (SSSR count). The number of rotatable bonds is 3. The highest BCUT2D eigenvalue weighted by atomic mass is 16.5. The Labute approximate surface area is 168 Å². The minimum absolute atomic E-state index is 0.00982. The molecule has 0 aromatic heterocycles. The van der Waals surface area contributed by atoms with Gasteiger partial charge in [0.15, 0.2) is 0 Å². The van der Waals surface area contributed by atoms with E-state index < -0.39 is 5.41 Å². The molecule has 1 fully saturated rings. The zero-order valence-electron chi connectivity index (χ0n) is 18.7. The molecule has 0 aliphatic carbocycles. The van der Waals surface area contributed by atoms with E-state index in [9.17, 15) is 9.59 Å². The lowest BCUT2D eigenvalue weighted by Gasteiger charge is -2.34. The van der Waals surface area contributed by atoms with Crippen LogP contribution in [0, 0.1) is 16.7 Å². The van der Waals surface area contributed by atoms with Crippen molar-refractivity contribution in [2.45, 2.75) is 118 Å². The van der Waals surface area contributed by atoms with Crippen molar-refractivity contribution < 1.29 is 14.3 Å². The first-order valence-electron chi connectivity index (χ1n) is 11.4. The summed E-state index contributed by atoms with van der Waals surface area (Å²) in [6, 6.07) is 0. The van der Waals surface area contributed by atoms with Crippen molar-refractivity contribution in [1.82, 2.24) is 0 Å². The maximum absolute atomic E-state index is 13.0. The van der Waals surface area contributed by atoms with Gasteiger partial charge in [-0.25, -0.2) is 0 Å². The minimum Gasteiger partial charge on any atom is -0.465 e. The predicted molar refractivity (Wildman–Crippen MR) is 113 cm³/mol. The lowest BCUT2D eigenvalue weighted by Crippen LogP contribution is -2.39. The van der Waals surface area contributed by atoms with E-state index in [0.717, 1.165) is 25.7 Å². The molecule has 1 saturated heterocycles. The maximum Gasteiger partial charge on any atom is 0.312 e. The van der Waals surface area contributed by atoms with Gasteiger partial charge in [0.1, 0.15) is 5.78 Å². The minimum atomic E-state index is -0.558. The van der Waals surface area contributed by atoms with Gasteiger partial charge in [0.05, 0.1) is 12.0 Å². The van der Waals surface area contributed by atoms with E-state index in [2.05, 4.69) is 6.92 Å². The zero-order valence-corrected chi connectivity index (χ0v) is 18.7. The maximum atomic E-state index is 13.0. The van der Waals surface area contributed by atoms with Crippen LogP contribution in [0.15, 0.2) is 0 Å². The molecule has 0 aromatic rings. The lowest BCUT2D eigenvalue weighted by molar-refractivity contribution is -0.159. The monoisotopic (exact) mass is 380 g/mol. The molecule has 0 amide bonds. The normalized spacial score (nSPS) is 26.2. The van der Waals surface area contributed by atoms with Gasteiger partial charge in [0.25, 0.3) is 0 Å². The van der Waals surface area contributed by atoms with E-state index in [1.54, 1.807) is 0 Å². The molecule has 1 aliphatic heterocycles. The van der Waals surface area contributed by atoms with Crippen LogP contribution in [0.1, 0.15) is 118 Å². The van der Waals surface area contributed by atoms with Gasteiger partial charge in [0.2, 0.25) is 0 Å². The van der Waals surface area contributed by atoms with Crippen LogP contribution in [-0.4, -0.2) is 18.4 Å². The van der Waals surface area contributed by atoms with Gasteiger partial charge in [-0.3, -0.25) is 9.59 Å². The van der Waals surface area contributed by atoms with Crippen molar-refractivity contribution in [3.63, 3.8) is 0 Å². The third-order valence-corrected chi connectivity index (χ3v) is 6.46. The van der Waals surface area contributed by atoms with E-state index in [-0.39, 0.29) is 23.1 Å². The third kappa shape index (κ3) is 8.79. The van der Waals surface area contributed by atoms with Crippen LogP contribution in [0.4, 0.5) is 0 Å². The molecule has 1 heterocycles. The van der Waals surface area contributed by atoms with Crippen molar-refractivity contribution in [3.05, 3.63) is 0 Å². The molecule has 2 unspecified atom stereocenters. The molecular weight excluding hydrogens is 336 g/mol. The Hall–Kier alpha value is -0.860. The molecule has 0 radical (unpaired) electrons. The smallest absolute Gasteiger partial charge is 0.312 e. The van der Waals surface area contributed by atoms with Crippen molar-refractivity contribution in [2.75, 3.05) is 6.61 Å². The predicted octanol–water partition coefficient (Wildman–Crippen LogP) is 6.87. The van der Waals surface area contributed by atoms with Gasteiger partial charge in [-0.1, -0.05) is 91.9 Å². The van der Waals surface area contributed by atoms with Crippen LogP contribution in [-0.2, 0) is 14.3 Å². The first-order chi connectivity index (χ1) is 12.7. The van der Waals surface area contributed by atoms with Crippen molar-refractivity contribution in [3.8, 4) is 0 Å². The Morgan fingerprint density at radius 3 is 1.85 bits per heavy atom. The molecule has 2 atom stereocenters. The average molecular weight is 381 g/mol. The van der Waals surface area contributed by atoms with E-state index in [1.807, 2.05) is 27.7 Å². The van der Waals surface area contributed by atoms with Gasteiger partial charge >= 0.3 is 5.97 Å². The fraction of sp³-hybridized carbons (Fsp3) is 0.917. The summed E-state index contributed by atoms with van der Waals surface area (Å²) in [4.78, 5) is 25.5. The summed E-state index contributed by atoms with van der Waals surface area (Å²) in [7, 11) is 0. The summed E-state index contributed by atoms with van der Waals surface area (Å²) in [5.74, 6) is 0.149. The van der Waals surface area contributed by atoms with Crippen LogP contribution in [0.2, 0.25) is 0 Å². The van der Waals surface area contributed by atoms with Gasteiger partial charge in [-0.15, -0.1) is 0 Å². The molecule has 3 heteroatoms. The summed E-state index contributed by atoms with van der Waals surface area (Å²) in [6.45, 7) is 10.5. The molecular formula is C24H44O3. The van der Waals surface area contributed by atoms with Crippen LogP contribution >= 0.6 is 0 Å².